The second-order valence-corrected chi connectivity index (χ2v) is 6.51. The van der Waals surface area contributed by atoms with Gasteiger partial charge in [-0.3, -0.25) is 0 Å². The van der Waals surface area contributed by atoms with E-state index in [9.17, 15) is 0 Å². The molecular formula is C17H22BrNO. The number of hydrogen-bond donors (Lipinski definition) is 1. The number of ether oxygens (including phenoxy) is 1. The molecule has 1 aromatic rings. The summed E-state index contributed by atoms with van der Waals surface area (Å²) >= 11 is 3.51. The summed E-state index contributed by atoms with van der Waals surface area (Å²) in [6, 6.07) is 6.05. The first-order valence-electron chi connectivity index (χ1n) is 7.24. The number of hydrogen-bond acceptors (Lipinski definition) is 2. The van der Waals surface area contributed by atoms with Gasteiger partial charge in [0, 0.05) is 23.1 Å². The van der Waals surface area contributed by atoms with Crippen LogP contribution in [0.3, 0.4) is 0 Å². The monoisotopic (exact) mass is 335 g/mol. The van der Waals surface area contributed by atoms with Crippen molar-refractivity contribution in [3.63, 3.8) is 0 Å². The first-order valence-corrected chi connectivity index (χ1v) is 8.04. The Labute approximate surface area is 130 Å². The van der Waals surface area contributed by atoms with Gasteiger partial charge < -0.3 is 10.1 Å². The van der Waals surface area contributed by atoms with Crippen molar-refractivity contribution in [1.82, 2.24) is 5.32 Å². The van der Waals surface area contributed by atoms with E-state index in [-0.39, 0.29) is 0 Å². The molecule has 108 valence electrons. The van der Waals surface area contributed by atoms with Gasteiger partial charge in [-0.2, -0.15) is 0 Å². The lowest BCUT2D eigenvalue weighted by Crippen LogP contribution is -2.23. The van der Waals surface area contributed by atoms with E-state index in [2.05, 4.69) is 40.2 Å². The number of terminal acetylenes is 1. The van der Waals surface area contributed by atoms with Crippen LogP contribution in [0.5, 0.6) is 5.75 Å². The summed E-state index contributed by atoms with van der Waals surface area (Å²) < 4.78 is 6.66. The maximum absolute atomic E-state index is 5.59. The molecule has 2 nitrogen and oxygen atoms in total. The van der Waals surface area contributed by atoms with E-state index in [0.717, 1.165) is 28.9 Å². The minimum Gasteiger partial charge on any atom is -0.481 e. The molecule has 1 N–H and O–H groups in total. The number of rotatable bonds is 8. The molecule has 0 unspecified atom stereocenters. The largest absolute Gasteiger partial charge is 0.481 e. The molecule has 1 saturated carbocycles. The van der Waals surface area contributed by atoms with Crippen molar-refractivity contribution < 1.29 is 4.74 Å². The maximum Gasteiger partial charge on any atom is 0.148 e. The fraction of sp³-hybridized carbons (Fsp3) is 0.529. The number of nitrogens with one attached hydrogen (secondary N) is 1. The molecule has 0 atom stereocenters. The highest BCUT2D eigenvalue weighted by molar-refractivity contribution is 9.10. The second-order valence-electron chi connectivity index (χ2n) is 5.60. The fourth-order valence-corrected chi connectivity index (χ4v) is 3.04. The van der Waals surface area contributed by atoms with Crippen LogP contribution >= 0.6 is 15.9 Å². The summed E-state index contributed by atoms with van der Waals surface area (Å²) in [6.07, 6.45) is 10.6. The summed E-state index contributed by atoms with van der Waals surface area (Å²) in [5.41, 5.74) is 1.72. The van der Waals surface area contributed by atoms with Crippen LogP contribution in [0, 0.1) is 17.8 Å². The maximum atomic E-state index is 5.59. The van der Waals surface area contributed by atoms with Crippen molar-refractivity contribution in [2.24, 2.45) is 5.41 Å². The van der Waals surface area contributed by atoms with E-state index in [0.29, 0.717) is 12.0 Å². The van der Waals surface area contributed by atoms with E-state index >= 15 is 0 Å². The summed E-state index contributed by atoms with van der Waals surface area (Å²) in [7, 11) is 0. The third kappa shape index (κ3) is 4.26. The third-order valence-corrected chi connectivity index (χ3v) is 4.38. The predicted molar refractivity (Wildman–Crippen MR) is 86.8 cm³/mol. The Balaban J connectivity index is 1.91. The standard InChI is InChI=1S/C17H22BrNO/c1-3-7-17(8-9-17)13-19-12-14-11-15(18)5-6-16(14)20-10-4-2/h2,5-6,11,19H,3,7-10,12-13H2,1H3. The van der Waals surface area contributed by atoms with Crippen molar-refractivity contribution in [2.75, 3.05) is 13.2 Å². The highest BCUT2D eigenvalue weighted by Gasteiger charge is 2.40. The van der Waals surface area contributed by atoms with Crippen LogP contribution in [-0.4, -0.2) is 13.2 Å². The van der Waals surface area contributed by atoms with Crippen LogP contribution in [0.1, 0.15) is 38.2 Å². The number of benzene rings is 1. The van der Waals surface area contributed by atoms with Gasteiger partial charge in [0.15, 0.2) is 0 Å². The minimum atomic E-state index is 0.314. The molecule has 1 aliphatic carbocycles. The molecule has 0 spiro atoms. The van der Waals surface area contributed by atoms with Gasteiger partial charge in [-0.1, -0.05) is 35.2 Å². The number of halogens is 1. The lowest BCUT2D eigenvalue weighted by molar-refractivity contribution is 0.362. The topological polar surface area (TPSA) is 21.3 Å². The van der Waals surface area contributed by atoms with Gasteiger partial charge in [0.05, 0.1) is 0 Å². The fourth-order valence-electron chi connectivity index (χ4n) is 2.63. The zero-order valence-electron chi connectivity index (χ0n) is 12.0. The van der Waals surface area contributed by atoms with Gasteiger partial charge in [-0.25, -0.2) is 0 Å². The summed E-state index contributed by atoms with van der Waals surface area (Å²) in [4.78, 5) is 0. The van der Waals surface area contributed by atoms with Crippen molar-refractivity contribution in [3.05, 3.63) is 28.2 Å². The van der Waals surface area contributed by atoms with Crippen LogP contribution < -0.4 is 10.1 Å². The van der Waals surface area contributed by atoms with Gasteiger partial charge in [0.1, 0.15) is 12.4 Å². The first-order chi connectivity index (χ1) is 9.69. The van der Waals surface area contributed by atoms with Gasteiger partial charge >= 0.3 is 0 Å². The van der Waals surface area contributed by atoms with Gasteiger partial charge in [-0.15, -0.1) is 6.42 Å². The van der Waals surface area contributed by atoms with E-state index < -0.39 is 0 Å². The summed E-state index contributed by atoms with van der Waals surface area (Å²) in [5.74, 6) is 3.38. The zero-order valence-corrected chi connectivity index (χ0v) is 13.6. The second kappa shape index (κ2) is 7.15. The Morgan fingerprint density at radius 2 is 2.25 bits per heavy atom. The molecule has 0 aliphatic heterocycles. The molecule has 3 heteroatoms. The highest BCUT2D eigenvalue weighted by atomic mass is 79.9. The average Bonchev–Trinajstić information content (AvgIpc) is 3.18. The molecule has 1 fully saturated rings. The van der Waals surface area contributed by atoms with E-state index in [4.69, 9.17) is 11.2 Å². The van der Waals surface area contributed by atoms with E-state index in [1.165, 1.54) is 25.7 Å². The Morgan fingerprint density at radius 1 is 1.45 bits per heavy atom. The molecule has 1 aliphatic rings. The smallest absolute Gasteiger partial charge is 0.148 e. The molecule has 0 bridgehead atoms. The lowest BCUT2D eigenvalue weighted by Gasteiger charge is -2.16. The molecule has 1 aromatic carbocycles. The van der Waals surface area contributed by atoms with E-state index in [1.807, 2.05) is 12.1 Å². The quantitative estimate of drug-likeness (QED) is 0.721. The van der Waals surface area contributed by atoms with Crippen LogP contribution in [0.15, 0.2) is 22.7 Å². The van der Waals surface area contributed by atoms with Crippen molar-refractivity contribution in [3.8, 4) is 18.1 Å². The van der Waals surface area contributed by atoms with Crippen molar-refractivity contribution in [2.45, 2.75) is 39.2 Å². The summed E-state index contributed by atoms with van der Waals surface area (Å²) in [5, 5.41) is 3.58. The first kappa shape index (κ1) is 15.4. The average molecular weight is 336 g/mol. The van der Waals surface area contributed by atoms with Crippen LogP contribution in [0.25, 0.3) is 0 Å². The highest BCUT2D eigenvalue weighted by Crippen LogP contribution is 2.48. The molecule has 2 rings (SSSR count). The van der Waals surface area contributed by atoms with Crippen molar-refractivity contribution in [1.29, 1.82) is 0 Å². The van der Waals surface area contributed by atoms with Gasteiger partial charge in [-0.05, 0) is 42.9 Å². The SMILES string of the molecule is C#CCOc1ccc(Br)cc1CNCC1(CCC)CC1. The molecule has 0 heterocycles. The Kier molecular flexibility index (Phi) is 5.51. The predicted octanol–water partition coefficient (Wildman–Crippen LogP) is 4.13. The van der Waals surface area contributed by atoms with Gasteiger partial charge in [0.2, 0.25) is 0 Å². The minimum absolute atomic E-state index is 0.314. The normalized spacial score (nSPS) is 15.7. The lowest BCUT2D eigenvalue weighted by atomic mass is 10.0. The molecule has 0 aromatic heterocycles. The Bertz CT molecular complexity index is 488. The molecule has 0 amide bonds. The molecule has 20 heavy (non-hydrogen) atoms. The van der Waals surface area contributed by atoms with Gasteiger partial charge in [0.25, 0.3) is 0 Å². The Morgan fingerprint density at radius 3 is 2.90 bits per heavy atom. The summed E-state index contributed by atoms with van der Waals surface area (Å²) in [6.45, 7) is 4.50. The van der Waals surface area contributed by atoms with Crippen LogP contribution in [0.4, 0.5) is 0 Å². The van der Waals surface area contributed by atoms with Crippen LogP contribution in [-0.2, 0) is 6.54 Å². The van der Waals surface area contributed by atoms with E-state index in [1.54, 1.807) is 0 Å². The zero-order chi connectivity index (χ0) is 14.4. The van der Waals surface area contributed by atoms with Crippen molar-refractivity contribution >= 4 is 15.9 Å². The molecular weight excluding hydrogens is 314 g/mol. The molecule has 0 radical (unpaired) electrons. The Hall–Kier alpha value is -0.980. The van der Waals surface area contributed by atoms with Crippen LogP contribution in [0.2, 0.25) is 0 Å². The molecule has 0 saturated heterocycles. The third-order valence-electron chi connectivity index (χ3n) is 3.89.